The van der Waals surface area contributed by atoms with Gasteiger partial charge >= 0.3 is 11.9 Å². The van der Waals surface area contributed by atoms with Crippen LogP contribution in [0, 0.1) is 10.8 Å². The Labute approximate surface area is 99.4 Å². The van der Waals surface area contributed by atoms with E-state index in [9.17, 15) is 9.59 Å². The second-order valence-corrected chi connectivity index (χ2v) is 6.24. The maximum absolute atomic E-state index is 10.9. The molecule has 0 aromatic rings. The summed E-state index contributed by atoms with van der Waals surface area (Å²) in [6, 6.07) is 0. The number of hydrogen-bond donors (Lipinski definition) is 2. The second-order valence-electron chi connectivity index (χ2n) is 5.25. The third-order valence-corrected chi connectivity index (χ3v) is 4.68. The molecule has 0 unspecified atom stereocenters. The third kappa shape index (κ3) is 3.70. The molecule has 0 aliphatic heterocycles. The summed E-state index contributed by atoms with van der Waals surface area (Å²) in [5.41, 5.74) is -0.783. The highest BCUT2D eigenvalue weighted by atomic mass is 32.2. The smallest absolute Gasteiger partial charge is 0.309 e. The fraction of sp³-hybridized carbons (Fsp3) is 0.818. The molecule has 0 saturated heterocycles. The van der Waals surface area contributed by atoms with Crippen LogP contribution < -0.4 is 0 Å². The van der Waals surface area contributed by atoms with Gasteiger partial charge in [-0.25, -0.2) is 0 Å². The Kier molecular flexibility index (Phi) is 3.88. The summed E-state index contributed by atoms with van der Waals surface area (Å²) in [6.07, 6.45) is 2.13. The minimum absolute atomic E-state index is 0.0505. The lowest BCUT2D eigenvalue weighted by molar-refractivity contribution is -0.145. The van der Waals surface area contributed by atoms with Crippen LogP contribution in [0.5, 0.6) is 0 Å². The standard InChI is InChI=1S/C11H18O4S/c1-10(2,9(14)15)6-16-7-11(3-4-11)5-8(12)13/h3-7H2,1-2H3,(H,12,13)(H,14,15). The van der Waals surface area contributed by atoms with Crippen molar-refractivity contribution in [2.75, 3.05) is 11.5 Å². The van der Waals surface area contributed by atoms with Gasteiger partial charge in [0.2, 0.25) is 0 Å². The number of aliphatic carboxylic acids is 2. The quantitative estimate of drug-likeness (QED) is 0.719. The zero-order valence-corrected chi connectivity index (χ0v) is 10.5. The summed E-state index contributed by atoms with van der Waals surface area (Å²) in [5, 5.41) is 17.7. The molecule has 1 rings (SSSR count). The number of rotatable bonds is 7. The van der Waals surface area contributed by atoms with Gasteiger partial charge in [-0.15, -0.1) is 0 Å². The molecule has 0 radical (unpaired) electrons. The van der Waals surface area contributed by atoms with Crippen LogP contribution in [-0.4, -0.2) is 33.7 Å². The van der Waals surface area contributed by atoms with Crippen molar-refractivity contribution in [3.8, 4) is 0 Å². The highest BCUT2D eigenvalue weighted by Crippen LogP contribution is 2.51. The lowest BCUT2D eigenvalue weighted by Crippen LogP contribution is -2.27. The molecular weight excluding hydrogens is 228 g/mol. The first-order valence-corrected chi connectivity index (χ1v) is 6.46. The molecule has 1 saturated carbocycles. The third-order valence-electron chi connectivity index (χ3n) is 2.93. The summed E-state index contributed by atoms with van der Waals surface area (Å²) in [5.74, 6) is -0.265. The molecule has 16 heavy (non-hydrogen) atoms. The molecule has 92 valence electrons. The predicted molar refractivity (Wildman–Crippen MR) is 62.7 cm³/mol. The molecule has 0 aromatic carbocycles. The maximum Gasteiger partial charge on any atom is 0.309 e. The van der Waals surface area contributed by atoms with E-state index in [1.165, 1.54) is 0 Å². The Morgan fingerprint density at radius 2 is 1.88 bits per heavy atom. The van der Waals surface area contributed by atoms with Crippen molar-refractivity contribution in [3.63, 3.8) is 0 Å². The van der Waals surface area contributed by atoms with E-state index in [4.69, 9.17) is 10.2 Å². The van der Waals surface area contributed by atoms with Gasteiger partial charge in [-0.3, -0.25) is 9.59 Å². The van der Waals surface area contributed by atoms with E-state index in [1.807, 2.05) is 0 Å². The van der Waals surface area contributed by atoms with Crippen LogP contribution in [0.15, 0.2) is 0 Å². The molecule has 5 heteroatoms. The Bertz CT molecular complexity index is 294. The van der Waals surface area contributed by atoms with Crippen molar-refractivity contribution in [2.45, 2.75) is 33.1 Å². The van der Waals surface area contributed by atoms with Gasteiger partial charge in [0.1, 0.15) is 0 Å². The molecule has 0 amide bonds. The van der Waals surface area contributed by atoms with Gasteiger partial charge in [-0.1, -0.05) is 0 Å². The molecule has 1 aliphatic carbocycles. The van der Waals surface area contributed by atoms with Crippen molar-refractivity contribution < 1.29 is 19.8 Å². The van der Waals surface area contributed by atoms with E-state index in [-0.39, 0.29) is 11.8 Å². The van der Waals surface area contributed by atoms with Crippen LogP contribution >= 0.6 is 11.8 Å². The molecule has 1 fully saturated rings. The van der Waals surface area contributed by atoms with Crippen LogP contribution in [-0.2, 0) is 9.59 Å². The van der Waals surface area contributed by atoms with Crippen LogP contribution in [0.4, 0.5) is 0 Å². The van der Waals surface area contributed by atoms with Crippen molar-refractivity contribution in [2.24, 2.45) is 10.8 Å². The van der Waals surface area contributed by atoms with Gasteiger partial charge < -0.3 is 10.2 Å². The molecule has 0 heterocycles. The molecule has 2 N–H and O–H groups in total. The lowest BCUT2D eigenvalue weighted by Gasteiger charge is -2.20. The average Bonchev–Trinajstić information content (AvgIpc) is 2.83. The Morgan fingerprint density at radius 1 is 1.31 bits per heavy atom. The predicted octanol–water partition coefficient (Wildman–Crippen LogP) is 2.09. The van der Waals surface area contributed by atoms with E-state index in [1.54, 1.807) is 25.6 Å². The number of carboxylic acid groups (broad SMARTS) is 2. The summed E-state index contributed by atoms with van der Waals surface area (Å²) in [6.45, 7) is 3.39. The van der Waals surface area contributed by atoms with Crippen molar-refractivity contribution in [3.05, 3.63) is 0 Å². The van der Waals surface area contributed by atoms with Gasteiger partial charge in [0, 0.05) is 5.75 Å². The fourth-order valence-electron chi connectivity index (χ4n) is 1.45. The van der Waals surface area contributed by atoms with Crippen LogP contribution in [0.1, 0.15) is 33.1 Å². The van der Waals surface area contributed by atoms with Gasteiger partial charge in [-0.2, -0.15) is 11.8 Å². The topological polar surface area (TPSA) is 74.6 Å². The lowest BCUT2D eigenvalue weighted by atomic mass is 9.97. The zero-order valence-electron chi connectivity index (χ0n) is 9.65. The largest absolute Gasteiger partial charge is 0.481 e. The van der Waals surface area contributed by atoms with Crippen LogP contribution in [0.25, 0.3) is 0 Å². The van der Waals surface area contributed by atoms with E-state index in [0.29, 0.717) is 5.75 Å². The molecule has 0 aromatic heterocycles. The molecule has 1 aliphatic rings. The normalized spacial score (nSPS) is 18.1. The Morgan fingerprint density at radius 3 is 2.25 bits per heavy atom. The van der Waals surface area contributed by atoms with Gasteiger partial charge in [-0.05, 0) is 37.9 Å². The first-order valence-electron chi connectivity index (χ1n) is 5.30. The molecular formula is C11H18O4S. The van der Waals surface area contributed by atoms with Crippen molar-refractivity contribution in [1.82, 2.24) is 0 Å². The number of carbonyl (C=O) groups is 2. The first kappa shape index (κ1) is 13.4. The van der Waals surface area contributed by atoms with Crippen molar-refractivity contribution in [1.29, 1.82) is 0 Å². The van der Waals surface area contributed by atoms with Gasteiger partial charge in [0.25, 0.3) is 0 Å². The fourth-order valence-corrected chi connectivity index (χ4v) is 3.01. The minimum atomic E-state index is -0.803. The van der Waals surface area contributed by atoms with E-state index < -0.39 is 17.4 Å². The van der Waals surface area contributed by atoms with Crippen molar-refractivity contribution >= 4 is 23.7 Å². The molecule has 0 bridgehead atoms. The summed E-state index contributed by atoms with van der Waals surface area (Å²) < 4.78 is 0. The zero-order chi connectivity index (χ0) is 12.4. The van der Waals surface area contributed by atoms with Crippen LogP contribution in [0.2, 0.25) is 0 Å². The molecule has 4 nitrogen and oxygen atoms in total. The highest BCUT2D eigenvalue weighted by Gasteiger charge is 2.44. The summed E-state index contributed by atoms with van der Waals surface area (Å²) >= 11 is 1.56. The number of thioether (sulfide) groups is 1. The van der Waals surface area contributed by atoms with Crippen LogP contribution in [0.3, 0.4) is 0 Å². The highest BCUT2D eigenvalue weighted by molar-refractivity contribution is 7.99. The SMILES string of the molecule is CC(C)(CSCC1(CC(=O)O)CC1)C(=O)O. The Balaban J connectivity index is 2.31. The average molecular weight is 246 g/mol. The minimum Gasteiger partial charge on any atom is -0.481 e. The van der Waals surface area contributed by atoms with E-state index >= 15 is 0 Å². The maximum atomic E-state index is 10.9. The first-order chi connectivity index (χ1) is 7.27. The number of hydrogen-bond acceptors (Lipinski definition) is 3. The van der Waals surface area contributed by atoms with E-state index in [0.717, 1.165) is 18.6 Å². The Hall–Kier alpha value is -0.710. The second kappa shape index (κ2) is 4.65. The molecule has 0 atom stereocenters. The monoisotopic (exact) mass is 246 g/mol. The number of carboxylic acids is 2. The molecule has 0 spiro atoms. The van der Waals surface area contributed by atoms with E-state index in [2.05, 4.69) is 0 Å². The summed E-state index contributed by atoms with van der Waals surface area (Å²) in [4.78, 5) is 21.5. The van der Waals surface area contributed by atoms with Gasteiger partial charge in [0.15, 0.2) is 0 Å². The summed E-state index contributed by atoms with van der Waals surface area (Å²) in [7, 11) is 0. The van der Waals surface area contributed by atoms with Gasteiger partial charge in [0.05, 0.1) is 11.8 Å².